The fourth-order valence-electron chi connectivity index (χ4n) is 3.31. The van der Waals surface area contributed by atoms with Gasteiger partial charge < -0.3 is 14.6 Å². The van der Waals surface area contributed by atoms with Crippen LogP contribution < -0.4 is 16.6 Å². The molecule has 0 saturated carbocycles. The smallest absolute Gasteiger partial charge is 0.330 e. The highest BCUT2D eigenvalue weighted by Gasteiger charge is 2.19. The van der Waals surface area contributed by atoms with Gasteiger partial charge in [-0.3, -0.25) is 23.9 Å². The lowest BCUT2D eigenvalue weighted by Gasteiger charge is -2.09. The van der Waals surface area contributed by atoms with Crippen molar-refractivity contribution >= 4 is 46.2 Å². The molecule has 176 valence electrons. The van der Waals surface area contributed by atoms with E-state index in [4.69, 9.17) is 27.9 Å². The summed E-state index contributed by atoms with van der Waals surface area (Å²) in [6.07, 6.45) is 1.60. The summed E-state index contributed by atoms with van der Waals surface area (Å²) in [5, 5.41) is 2.97. The molecular weight excluding hydrogens is 473 g/mol. The first-order valence-corrected chi connectivity index (χ1v) is 11.1. The minimum atomic E-state index is -0.708. The summed E-state index contributed by atoms with van der Waals surface area (Å²) in [5.74, 6) is -0.949. The summed E-state index contributed by atoms with van der Waals surface area (Å²) in [7, 11) is 0. The lowest BCUT2D eigenvalue weighted by Crippen LogP contribution is -2.31. The number of imidazole rings is 1. The van der Waals surface area contributed by atoms with Gasteiger partial charge in [0, 0.05) is 18.1 Å². The Bertz CT molecular complexity index is 1310. The van der Waals surface area contributed by atoms with Crippen LogP contribution in [0.5, 0.6) is 0 Å². The van der Waals surface area contributed by atoms with Crippen molar-refractivity contribution in [2.24, 2.45) is 0 Å². The number of carbonyl (C=O) groups is 2. The summed E-state index contributed by atoms with van der Waals surface area (Å²) < 4.78 is 8.24. The number of esters is 1. The molecule has 3 rings (SSSR count). The predicted molar refractivity (Wildman–Crippen MR) is 124 cm³/mol. The number of amides is 1. The Morgan fingerprint density at radius 3 is 2.61 bits per heavy atom. The first-order chi connectivity index (χ1) is 15.8. The molecule has 0 unspecified atom stereocenters. The summed E-state index contributed by atoms with van der Waals surface area (Å²) in [4.78, 5) is 55.8. The maximum Gasteiger partial charge on any atom is 0.330 e. The van der Waals surface area contributed by atoms with Gasteiger partial charge in [0.05, 0.1) is 10.6 Å². The zero-order valence-electron chi connectivity index (χ0n) is 18.1. The zero-order chi connectivity index (χ0) is 24.1. The maximum absolute atomic E-state index is 12.4. The number of nitrogens with zero attached hydrogens (tertiary/aromatic N) is 3. The van der Waals surface area contributed by atoms with E-state index in [1.807, 2.05) is 13.8 Å². The quantitative estimate of drug-likeness (QED) is 0.438. The molecule has 2 aromatic heterocycles. The van der Waals surface area contributed by atoms with Crippen molar-refractivity contribution in [1.29, 1.82) is 0 Å². The number of carbonyl (C=O) groups excluding carboxylic acids is 2. The second-order valence-electron chi connectivity index (χ2n) is 7.18. The van der Waals surface area contributed by atoms with Crippen molar-refractivity contribution in [2.75, 3.05) is 6.54 Å². The molecule has 0 spiro atoms. The number of halogens is 2. The van der Waals surface area contributed by atoms with E-state index < -0.39 is 29.7 Å². The van der Waals surface area contributed by atoms with Gasteiger partial charge in [-0.1, -0.05) is 36.5 Å². The van der Waals surface area contributed by atoms with E-state index in [1.165, 1.54) is 22.8 Å². The predicted octanol–water partition coefficient (Wildman–Crippen LogP) is 2.49. The number of aryl methyl sites for hydroxylation is 2. The van der Waals surface area contributed by atoms with E-state index in [9.17, 15) is 19.2 Å². The number of aromatic nitrogens is 4. The molecule has 2 heterocycles. The normalized spacial score (nSPS) is 11.0. The Balaban J connectivity index is 1.73. The van der Waals surface area contributed by atoms with Gasteiger partial charge in [-0.05, 0) is 31.5 Å². The Kier molecular flexibility index (Phi) is 7.93. The molecule has 0 aliphatic heterocycles. The van der Waals surface area contributed by atoms with Crippen molar-refractivity contribution in [3.05, 3.63) is 60.5 Å². The molecule has 2 N–H and O–H groups in total. The number of H-pyrrole nitrogens is 1. The molecule has 0 saturated heterocycles. The van der Waals surface area contributed by atoms with Crippen LogP contribution in [0.4, 0.5) is 0 Å². The summed E-state index contributed by atoms with van der Waals surface area (Å²) >= 11 is 11.8. The van der Waals surface area contributed by atoms with E-state index >= 15 is 0 Å². The fraction of sp³-hybridized carbons (Fsp3) is 0.381. The minimum absolute atomic E-state index is 0.157. The number of hydrogen-bond donors (Lipinski definition) is 2. The first-order valence-electron chi connectivity index (χ1n) is 10.4. The molecule has 1 amide bonds. The first kappa shape index (κ1) is 24.5. The SMILES string of the molecule is CCCCn1c(=O)[nH]c(=O)c2c1nc(COC(=O)CNC(=O)c1ccc(Cl)cc1Cl)n2CC. The second-order valence-corrected chi connectivity index (χ2v) is 8.02. The number of fused-ring (bicyclic) bond motifs is 1. The van der Waals surface area contributed by atoms with Crippen LogP contribution in [0.2, 0.25) is 10.0 Å². The molecular formula is C21H23Cl2N5O5. The highest BCUT2D eigenvalue weighted by molar-refractivity contribution is 6.36. The minimum Gasteiger partial charge on any atom is -0.456 e. The summed E-state index contributed by atoms with van der Waals surface area (Å²) in [5.41, 5.74) is -0.428. The van der Waals surface area contributed by atoms with Gasteiger partial charge in [-0.15, -0.1) is 0 Å². The van der Waals surface area contributed by atoms with Crippen LogP contribution in [0.25, 0.3) is 11.2 Å². The van der Waals surface area contributed by atoms with E-state index in [0.29, 0.717) is 23.9 Å². The molecule has 1 aromatic carbocycles. The molecule has 0 atom stereocenters. The van der Waals surface area contributed by atoms with E-state index in [1.54, 1.807) is 4.57 Å². The average molecular weight is 496 g/mol. The Labute approximate surface area is 198 Å². The van der Waals surface area contributed by atoms with Gasteiger partial charge in [-0.25, -0.2) is 9.78 Å². The van der Waals surface area contributed by atoms with Gasteiger partial charge in [0.25, 0.3) is 11.5 Å². The van der Waals surface area contributed by atoms with E-state index in [-0.39, 0.29) is 28.4 Å². The third kappa shape index (κ3) is 5.45. The number of benzene rings is 1. The number of hydrogen-bond acceptors (Lipinski definition) is 6. The lowest BCUT2D eigenvalue weighted by molar-refractivity contribution is -0.144. The van der Waals surface area contributed by atoms with Crippen molar-refractivity contribution in [3.8, 4) is 0 Å². The number of rotatable bonds is 9. The highest BCUT2D eigenvalue weighted by Crippen LogP contribution is 2.20. The maximum atomic E-state index is 12.4. The third-order valence-electron chi connectivity index (χ3n) is 4.95. The Morgan fingerprint density at radius 2 is 1.94 bits per heavy atom. The zero-order valence-corrected chi connectivity index (χ0v) is 19.6. The van der Waals surface area contributed by atoms with Gasteiger partial charge in [0.15, 0.2) is 11.2 Å². The van der Waals surface area contributed by atoms with Crippen molar-refractivity contribution in [2.45, 2.75) is 46.4 Å². The highest BCUT2D eigenvalue weighted by atomic mass is 35.5. The van der Waals surface area contributed by atoms with Crippen LogP contribution in [0.15, 0.2) is 27.8 Å². The van der Waals surface area contributed by atoms with Gasteiger partial charge in [0.1, 0.15) is 19.0 Å². The number of ether oxygens (including phenoxy) is 1. The van der Waals surface area contributed by atoms with Crippen molar-refractivity contribution in [1.82, 2.24) is 24.4 Å². The van der Waals surface area contributed by atoms with E-state index in [2.05, 4.69) is 15.3 Å². The second kappa shape index (κ2) is 10.7. The van der Waals surface area contributed by atoms with Gasteiger partial charge in [0.2, 0.25) is 0 Å². The number of nitrogens with one attached hydrogen (secondary N) is 2. The Morgan fingerprint density at radius 1 is 1.18 bits per heavy atom. The van der Waals surface area contributed by atoms with Crippen LogP contribution in [0.1, 0.15) is 42.9 Å². The molecule has 0 aliphatic carbocycles. The Hall–Kier alpha value is -3.11. The molecule has 0 fully saturated rings. The fourth-order valence-corrected chi connectivity index (χ4v) is 3.80. The number of unbranched alkanes of at least 4 members (excludes halogenated alkanes) is 1. The van der Waals surface area contributed by atoms with Gasteiger partial charge >= 0.3 is 11.7 Å². The van der Waals surface area contributed by atoms with Crippen LogP contribution >= 0.6 is 23.2 Å². The molecule has 12 heteroatoms. The standard InChI is InChI=1S/C21H23Cl2N5O5/c1-3-5-8-28-18-17(20(31)26-21(28)32)27(4-2)15(25-18)11-33-16(29)10-24-19(30)13-7-6-12(22)9-14(13)23/h6-7,9H,3-5,8,10-11H2,1-2H3,(H,24,30)(H,26,31,32). The molecule has 33 heavy (non-hydrogen) atoms. The van der Waals surface area contributed by atoms with E-state index in [0.717, 1.165) is 12.8 Å². The molecule has 10 nitrogen and oxygen atoms in total. The topological polar surface area (TPSA) is 128 Å². The van der Waals surface area contributed by atoms with Crippen molar-refractivity contribution < 1.29 is 14.3 Å². The molecule has 0 radical (unpaired) electrons. The monoisotopic (exact) mass is 495 g/mol. The van der Waals surface area contributed by atoms with Crippen molar-refractivity contribution in [3.63, 3.8) is 0 Å². The third-order valence-corrected chi connectivity index (χ3v) is 5.50. The average Bonchev–Trinajstić information content (AvgIpc) is 3.14. The van der Waals surface area contributed by atoms with Crippen LogP contribution in [-0.2, 0) is 29.2 Å². The van der Waals surface area contributed by atoms with Crippen LogP contribution in [-0.4, -0.2) is 37.5 Å². The largest absolute Gasteiger partial charge is 0.456 e. The number of aromatic amines is 1. The molecule has 3 aromatic rings. The molecule has 0 aliphatic rings. The van der Waals surface area contributed by atoms with Crippen LogP contribution in [0, 0.1) is 0 Å². The summed E-state index contributed by atoms with van der Waals surface area (Å²) in [6.45, 7) is 3.95. The lowest BCUT2D eigenvalue weighted by atomic mass is 10.2. The van der Waals surface area contributed by atoms with Crippen LogP contribution in [0.3, 0.4) is 0 Å². The van der Waals surface area contributed by atoms with Gasteiger partial charge in [-0.2, -0.15) is 0 Å². The molecule has 0 bridgehead atoms. The summed E-state index contributed by atoms with van der Waals surface area (Å²) in [6, 6.07) is 4.38.